The maximum absolute atomic E-state index is 12.0. The van der Waals surface area contributed by atoms with Gasteiger partial charge in [-0.2, -0.15) is 5.10 Å². The van der Waals surface area contributed by atoms with Crippen molar-refractivity contribution in [3.05, 3.63) is 58.1 Å². The third-order valence-corrected chi connectivity index (χ3v) is 4.55. The molecule has 2 rings (SSSR count). The molecule has 156 valence electrons. The van der Waals surface area contributed by atoms with Gasteiger partial charge in [-0.15, -0.1) is 0 Å². The Bertz CT molecular complexity index is 874. The summed E-state index contributed by atoms with van der Waals surface area (Å²) in [5.74, 6) is 0.438. The molecule has 2 N–H and O–H groups in total. The minimum Gasteiger partial charge on any atom is -0.507 e. The van der Waals surface area contributed by atoms with E-state index in [1.165, 1.54) is 0 Å². The lowest BCUT2D eigenvalue weighted by Gasteiger charge is -2.27. The summed E-state index contributed by atoms with van der Waals surface area (Å²) in [6, 6.07) is 10.6. The molecule has 6 heteroatoms. The maximum atomic E-state index is 12.0. The monoisotopic (exact) mass is 416 g/mol. The van der Waals surface area contributed by atoms with Crippen LogP contribution >= 0.6 is 11.6 Å². The second kappa shape index (κ2) is 8.87. The third-order valence-electron chi connectivity index (χ3n) is 4.32. The van der Waals surface area contributed by atoms with Gasteiger partial charge < -0.3 is 9.84 Å². The van der Waals surface area contributed by atoms with Crippen molar-refractivity contribution in [2.75, 3.05) is 6.61 Å². The third kappa shape index (κ3) is 6.50. The van der Waals surface area contributed by atoms with Crippen LogP contribution in [0.4, 0.5) is 0 Å². The van der Waals surface area contributed by atoms with Crippen LogP contribution in [0.3, 0.4) is 0 Å². The number of phenols is 1. The van der Waals surface area contributed by atoms with E-state index in [1.54, 1.807) is 30.5 Å². The summed E-state index contributed by atoms with van der Waals surface area (Å²) >= 11 is 5.89. The van der Waals surface area contributed by atoms with Gasteiger partial charge in [0.15, 0.2) is 6.61 Å². The van der Waals surface area contributed by atoms with Crippen molar-refractivity contribution in [1.82, 2.24) is 5.43 Å². The molecule has 0 bridgehead atoms. The number of hydrogen-bond donors (Lipinski definition) is 2. The maximum Gasteiger partial charge on any atom is 0.277 e. The van der Waals surface area contributed by atoms with Gasteiger partial charge in [-0.3, -0.25) is 4.79 Å². The van der Waals surface area contributed by atoms with E-state index in [1.807, 2.05) is 53.7 Å². The Balaban J connectivity index is 2.12. The first-order chi connectivity index (χ1) is 13.4. The average molecular weight is 417 g/mol. The Kier molecular flexibility index (Phi) is 6.96. The van der Waals surface area contributed by atoms with Crippen molar-refractivity contribution < 1.29 is 14.6 Å². The highest BCUT2D eigenvalue weighted by Crippen LogP contribution is 2.39. The predicted octanol–water partition coefficient (Wildman–Crippen LogP) is 5.17. The lowest BCUT2D eigenvalue weighted by Crippen LogP contribution is -2.24. The smallest absolute Gasteiger partial charge is 0.277 e. The zero-order chi connectivity index (χ0) is 21.8. The molecule has 0 aromatic heterocycles. The summed E-state index contributed by atoms with van der Waals surface area (Å²) < 4.78 is 5.39. The number of phenolic OH excluding ortho intramolecular Hbond substituents is 1. The number of carbonyl (C=O) groups is 1. The van der Waals surface area contributed by atoms with Crippen LogP contribution in [0.5, 0.6) is 11.5 Å². The zero-order valence-corrected chi connectivity index (χ0v) is 18.6. The molecule has 0 aliphatic rings. The van der Waals surface area contributed by atoms with Gasteiger partial charge >= 0.3 is 0 Å². The van der Waals surface area contributed by atoms with Gasteiger partial charge in [0.2, 0.25) is 0 Å². The van der Waals surface area contributed by atoms with Crippen LogP contribution in [0.1, 0.15) is 58.2 Å². The van der Waals surface area contributed by atoms with Crippen LogP contribution in [0.15, 0.2) is 41.5 Å². The molecule has 2 aromatic carbocycles. The van der Waals surface area contributed by atoms with Crippen molar-refractivity contribution in [2.45, 2.75) is 52.4 Å². The molecule has 0 spiro atoms. The standard InChI is InChI=1S/C23H29ClN2O3/c1-22(2,3)18-10-15(11-19(21(18)28)23(4,5)6)13-25-26-20(27)14-29-17-9-7-8-16(24)12-17/h7-13,28H,14H2,1-6H3,(H,26,27)/b25-13+. The fourth-order valence-corrected chi connectivity index (χ4v) is 2.97. The van der Waals surface area contributed by atoms with E-state index >= 15 is 0 Å². The van der Waals surface area contributed by atoms with Crippen molar-refractivity contribution >= 4 is 23.7 Å². The summed E-state index contributed by atoms with van der Waals surface area (Å²) in [6.45, 7) is 12.1. The van der Waals surface area contributed by atoms with E-state index in [9.17, 15) is 9.90 Å². The van der Waals surface area contributed by atoms with Crippen LogP contribution in [-0.2, 0) is 15.6 Å². The highest BCUT2D eigenvalue weighted by atomic mass is 35.5. The summed E-state index contributed by atoms with van der Waals surface area (Å²) in [5, 5.41) is 15.3. The Morgan fingerprint density at radius 3 is 2.21 bits per heavy atom. The summed E-state index contributed by atoms with van der Waals surface area (Å²) in [6.07, 6.45) is 1.57. The molecule has 2 aromatic rings. The molecule has 0 radical (unpaired) electrons. The zero-order valence-electron chi connectivity index (χ0n) is 17.8. The minimum absolute atomic E-state index is 0.173. The largest absolute Gasteiger partial charge is 0.507 e. The second-order valence-corrected chi connectivity index (χ2v) is 9.44. The predicted molar refractivity (Wildman–Crippen MR) is 118 cm³/mol. The molecule has 0 aliphatic heterocycles. The van der Waals surface area contributed by atoms with Crippen LogP contribution in [0, 0.1) is 0 Å². The van der Waals surface area contributed by atoms with Gasteiger partial charge in [0.25, 0.3) is 5.91 Å². The van der Waals surface area contributed by atoms with Gasteiger partial charge in [0.1, 0.15) is 11.5 Å². The number of amides is 1. The van der Waals surface area contributed by atoms with Gasteiger partial charge in [-0.25, -0.2) is 5.43 Å². The minimum atomic E-state index is -0.382. The van der Waals surface area contributed by atoms with E-state index in [0.29, 0.717) is 16.5 Å². The quantitative estimate of drug-likeness (QED) is 0.521. The first-order valence-corrected chi connectivity index (χ1v) is 9.84. The number of carbonyl (C=O) groups excluding carboxylic acids is 1. The fraction of sp³-hybridized carbons (Fsp3) is 0.391. The van der Waals surface area contributed by atoms with Crippen molar-refractivity contribution in [2.24, 2.45) is 5.10 Å². The molecular weight excluding hydrogens is 388 g/mol. The van der Waals surface area contributed by atoms with Crippen LogP contribution in [-0.4, -0.2) is 23.8 Å². The fourth-order valence-electron chi connectivity index (χ4n) is 2.79. The molecule has 0 unspecified atom stereocenters. The van der Waals surface area contributed by atoms with E-state index in [-0.39, 0.29) is 23.3 Å². The Morgan fingerprint density at radius 2 is 1.69 bits per heavy atom. The lowest BCUT2D eigenvalue weighted by molar-refractivity contribution is -0.123. The molecule has 0 saturated carbocycles. The van der Waals surface area contributed by atoms with Crippen LogP contribution in [0.25, 0.3) is 0 Å². The number of hydrogen-bond acceptors (Lipinski definition) is 4. The molecule has 0 saturated heterocycles. The number of benzene rings is 2. The van der Waals surface area contributed by atoms with Gasteiger partial charge in [-0.05, 0) is 46.7 Å². The molecular formula is C23H29ClN2O3. The van der Waals surface area contributed by atoms with Crippen molar-refractivity contribution in [3.8, 4) is 11.5 Å². The van der Waals surface area contributed by atoms with Gasteiger partial charge in [0.05, 0.1) is 6.21 Å². The average Bonchev–Trinajstić information content (AvgIpc) is 2.59. The first-order valence-electron chi connectivity index (χ1n) is 9.46. The number of hydrazone groups is 1. The molecule has 29 heavy (non-hydrogen) atoms. The lowest BCUT2D eigenvalue weighted by atomic mass is 9.78. The molecule has 0 heterocycles. The number of ether oxygens (including phenoxy) is 1. The SMILES string of the molecule is CC(C)(C)c1cc(/C=N/NC(=O)COc2cccc(Cl)c2)cc(C(C)(C)C)c1O. The summed E-state index contributed by atoms with van der Waals surface area (Å²) in [4.78, 5) is 12.0. The second-order valence-electron chi connectivity index (χ2n) is 9.00. The van der Waals surface area contributed by atoms with E-state index < -0.39 is 0 Å². The van der Waals surface area contributed by atoms with Crippen molar-refractivity contribution in [3.63, 3.8) is 0 Å². The normalized spacial score (nSPS) is 12.2. The highest BCUT2D eigenvalue weighted by Gasteiger charge is 2.26. The molecule has 0 aliphatic carbocycles. The van der Waals surface area contributed by atoms with Crippen LogP contribution in [0.2, 0.25) is 5.02 Å². The Morgan fingerprint density at radius 1 is 1.10 bits per heavy atom. The number of rotatable bonds is 5. The van der Waals surface area contributed by atoms with E-state index in [4.69, 9.17) is 16.3 Å². The van der Waals surface area contributed by atoms with E-state index in [2.05, 4.69) is 10.5 Å². The number of halogens is 1. The topological polar surface area (TPSA) is 70.9 Å². The number of aromatic hydroxyl groups is 1. The summed E-state index contributed by atoms with van der Waals surface area (Å²) in [7, 11) is 0. The first kappa shape index (κ1) is 22.8. The molecule has 0 fully saturated rings. The van der Waals surface area contributed by atoms with E-state index in [0.717, 1.165) is 16.7 Å². The Labute approximate surface area is 177 Å². The molecule has 0 atom stereocenters. The van der Waals surface area contributed by atoms with Crippen molar-refractivity contribution in [1.29, 1.82) is 0 Å². The molecule has 1 amide bonds. The Hall–Kier alpha value is -2.53. The van der Waals surface area contributed by atoms with Gasteiger partial charge in [-0.1, -0.05) is 59.2 Å². The number of nitrogens with one attached hydrogen (secondary N) is 1. The van der Waals surface area contributed by atoms with Gasteiger partial charge in [0, 0.05) is 16.1 Å². The summed E-state index contributed by atoms with van der Waals surface area (Å²) in [5.41, 5.74) is 4.46. The van der Waals surface area contributed by atoms with Crippen LogP contribution < -0.4 is 10.2 Å². The number of nitrogens with zero attached hydrogens (tertiary/aromatic N) is 1. The highest BCUT2D eigenvalue weighted by molar-refractivity contribution is 6.30. The molecule has 5 nitrogen and oxygen atoms in total.